The molecule has 0 fully saturated rings. The highest BCUT2D eigenvalue weighted by atomic mass is 35.5. The first kappa shape index (κ1) is 15.1. The summed E-state index contributed by atoms with van der Waals surface area (Å²) in [6.07, 6.45) is 0. The molecule has 2 N–H and O–H groups in total. The minimum absolute atomic E-state index is 0.297. The van der Waals surface area contributed by atoms with Gasteiger partial charge in [-0.2, -0.15) is 0 Å². The van der Waals surface area contributed by atoms with E-state index in [0.29, 0.717) is 33.4 Å². The predicted molar refractivity (Wildman–Crippen MR) is 81.0 cm³/mol. The Morgan fingerprint density at radius 1 is 1.10 bits per heavy atom. The number of nitrogens with one attached hydrogen (secondary N) is 2. The Labute approximate surface area is 127 Å². The van der Waals surface area contributed by atoms with Crippen molar-refractivity contribution in [2.75, 3.05) is 12.4 Å². The van der Waals surface area contributed by atoms with Crippen LogP contribution in [0.1, 0.15) is 32.2 Å². The van der Waals surface area contributed by atoms with E-state index >= 15 is 0 Å². The Hall–Kier alpha value is -2.27. The lowest BCUT2D eigenvalue weighted by Gasteiger charge is -2.08. The minimum atomic E-state index is -0.313. The van der Waals surface area contributed by atoms with Crippen LogP contribution >= 0.6 is 11.6 Å². The molecule has 1 aromatic carbocycles. The van der Waals surface area contributed by atoms with Crippen LogP contribution in [0.3, 0.4) is 0 Å². The number of anilines is 1. The average Bonchev–Trinajstić information content (AvgIpc) is 2.79. The zero-order valence-corrected chi connectivity index (χ0v) is 12.7. The van der Waals surface area contributed by atoms with Gasteiger partial charge in [0.05, 0.1) is 16.1 Å². The van der Waals surface area contributed by atoms with Crippen LogP contribution in [0.5, 0.6) is 0 Å². The van der Waals surface area contributed by atoms with Gasteiger partial charge < -0.3 is 15.1 Å². The lowest BCUT2D eigenvalue weighted by Crippen LogP contribution is -2.19. The third-order valence-corrected chi connectivity index (χ3v) is 3.31. The summed E-state index contributed by atoms with van der Waals surface area (Å²) in [7, 11) is 1.52. The maximum absolute atomic E-state index is 12.2. The molecule has 5 nitrogen and oxygen atoms in total. The van der Waals surface area contributed by atoms with Gasteiger partial charge in [0.25, 0.3) is 11.8 Å². The summed E-state index contributed by atoms with van der Waals surface area (Å²) in [5, 5.41) is 5.54. The van der Waals surface area contributed by atoms with Crippen LogP contribution in [0.4, 0.5) is 5.69 Å². The summed E-state index contributed by atoms with van der Waals surface area (Å²) >= 11 is 5.96. The summed E-state index contributed by atoms with van der Waals surface area (Å²) in [6, 6.07) is 6.39. The quantitative estimate of drug-likeness (QED) is 0.915. The lowest BCUT2D eigenvalue weighted by atomic mass is 10.1. The van der Waals surface area contributed by atoms with Crippen molar-refractivity contribution in [3.05, 3.63) is 51.9 Å². The molecule has 6 heteroatoms. The monoisotopic (exact) mass is 306 g/mol. The molecule has 2 rings (SSSR count). The van der Waals surface area contributed by atoms with Crippen LogP contribution in [-0.2, 0) is 0 Å². The van der Waals surface area contributed by atoms with Gasteiger partial charge in [0, 0.05) is 12.7 Å². The first-order valence-corrected chi connectivity index (χ1v) is 6.70. The highest BCUT2D eigenvalue weighted by Gasteiger charge is 2.15. The fourth-order valence-corrected chi connectivity index (χ4v) is 2.17. The van der Waals surface area contributed by atoms with Crippen molar-refractivity contribution in [1.82, 2.24) is 5.32 Å². The summed E-state index contributed by atoms with van der Waals surface area (Å²) in [4.78, 5) is 23.9. The molecule has 2 amide bonds. The average molecular weight is 307 g/mol. The van der Waals surface area contributed by atoms with Crippen LogP contribution in [0.25, 0.3) is 0 Å². The molecule has 0 saturated heterocycles. The van der Waals surface area contributed by atoms with Gasteiger partial charge in [-0.05, 0) is 38.1 Å². The second-order valence-electron chi connectivity index (χ2n) is 4.55. The molecule has 0 bridgehead atoms. The molecule has 0 unspecified atom stereocenters. The molecule has 1 heterocycles. The van der Waals surface area contributed by atoms with E-state index in [1.165, 1.54) is 13.1 Å². The van der Waals surface area contributed by atoms with Gasteiger partial charge in [-0.3, -0.25) is 9.59 Å². The number of halogens is 1. The highest BCUT2D eigenvalue weighted by molar-refractivity contribution is 6.34. The SMILES string of the molecule is CNC(=O)c1cc(NC(=O)c2cc(C)oc2C)ccc1Cl. The number of hydrogen-bond donors (Lipinski definition) is 2. The van der Waals surface area contributed by atoms with E-state index in [1.807, 2.05) is 0 Å². The Balaban J connectivity index is 2.26. The van der Waals surface area contributed by atoms with Crippen LogP contribution in [0.2, 0.25) is 5.02 Å². The molecule has 0 radical (unpaired) electrons. The van der Waals surface area contributed by atoms with Gasteiger partial charge in [0.2, 0.25) is 0 Å². The molecule has 110 valence electrons. The van der Waals surface area contributed by atoms with Crippen molar-refractivity contribution in [2.45, 2.75) is 13.8 Å². The summed E-state index contributed by atoms with van der Waals surface area (Å²) in [6.45, 7) is 3.50. The zero-order valence-electron chi connectivity index (χ0n) is 11.9. The van der Waals surface area contributed by atoms with E-state index in [0.717, 1.165) is 0 Å². The number of carbonyl (C=O) groups excluding carboxylic acids is 2. The third kappa shape index (κ3) is 3.25. The normalized spacial score (nSPS) is 10.3. The van der Waals surface area contributed by atoms with Gasteiger partial charge in [0.1, 0.15) is 11.5 Å². The van der Waals surface area contributed by atoms with E-state index in [1.54, 1.807) is 32.0 Å². The fraction of sp³-hybridized carbons (Fsp3) is 0.200. The highest BCUT2D eigenvalue weighted by Crippen LogP contribution is 2.22. The number of benzene rings is 1. The molecule has 0 atom stereocenters. The Kier molecular flexibility index (Phi) is 4.33. The van der Waals surface area contributed by atoms with Crippen LogP contribution in [0.15, 0.2) is 28.7 Å². The molecule has 0 spiro atoms. The third-order valence-electron chi connectivity index (χ3n) is 2.98. The van der Waals surface area contributed by atoms with Crippen molar-refractivity contribution in [2.24, 2.45) is 0 Å². The van der Waals surface area contributed by atoms with Crippen LogP contribution in [-0.4, -0.2) is 18.9 Å². The minimum Gasteiger partial charge on any atom is -0.466 e. The topological polar surface area (TPSA) is 71.3 Å². The van der Waals surface area contributed by atoms with Crippen LogP contribution < -0.4 is 10.6 Å². The maximum Gasteiger partial charge on any atom is 0.259 e. The van der Waals surface area contributed by atoms with Crippen molar-refractivity contribution < 1.29 is 14.0 Å². The largest absolute Gasteiger partial charge is 0.466 e. The summed E-state index contributed by atoms with van der Waals surface area (Å²) in [5.74, 6) is 0.603. The first-order valence-electron chi connectivity index (χ1n) is 6.32. The lowest BCUT2D eigenvalue weighted by molar-refractivity contribution is 0.0961. The van der Waals surface area contributed by atoms with E-state index in [4.69, 9.17) is 16.0 Å². The molecule has 2 aromatic rings. The van der Waals surface area contributed by atoms with Crippen LogP contribution in [0, 0.1) is 13.8 Å². The van der Waals surface area contributed by atoms with E-state index in [-0.39, 0.29) is 11.8 Å². The van der Waals surface area contributed by atoms with Gasteiger partial charge >= 0.3 is 0 Å². The smallest absolute Gasteiger partial charge is 0.259 e. The molecule has 0 aliphatic heterocycles. The van der Waals surface area contributed by atoms with Crippen molar-refractivity contribution >= 4 is 29.1 Å². The van der Waals surface area contributed by atoms with Crippen molar-refractivity contribution in [3.8, 4) is 0 Å². The number of carbonyl (C=O) groups is 2. The Morgan fingerprint density at radius 3 is 2.38 bits per heavy atom. The van der Waals surface area contributed by atoms with E-state index < -0.39 is 0 Å². The maximum atomic E-state index is 12.2. The van der Waals surface area contributed by atoms with Gasteiger partial charge in [-0.1, -0.05) is 11.6 Å². The van der Waals surface area contributed by atoms with Gasteiger partial charge in [-0.25, -0.2) is 0 Å². The molecule has 0 saturated carbocycles. The van der Waals surface area contributed by atoms with E-state index in [9.17, 15) is 9.59 Å². The number of furan rings is 1. The van der Waals surface area contributed by atoms with E-state index in [2.05, 4.69) is 10.6 Å². The number of hydrogen-bond acceptors (Lipinski definition) is 3. The summed E-state index contributed by atoms with van der Waals surface area (Å²) < 4.78 is 5.33. The predicted octanol–water partition coefficient (Wildman–Crippen LogP) is 3.16. The fourth-order valence-electron chi connectivity index (χ4n) is 1.97. The standard InChI is InChI=1S/C15H15ClN2O3/c1-8-6-11(9(2)21-8)15(20)18-10-4-5-13(16)12(7-10)14(19)17-3/h4-7H,1-3H3,(H,17,19)(H,18,20). The molecule has 0 aliphatic carbocycles. The molecule has 1 aromatic heterocycles. The van der Waals surface area contributed by atoms with Gasteiger partial charge in [-0.15, -0.1) is 0 Å². The molecule has 0 aliphatic rings. The second-order valence-corrected chi connectivity index (χ2v) is 4.96. The molecular weight excluding hydrogens is 292 g/mol. The second kappa shape index (κ2) is 6.01. The first-order chi connectivity index (χ1) is 9.92. The molecular formula is C15H15ClN2O3. The Morgan fingerprint density at radius 2 is 1.81 bits per heavy atom. The number of rotatable bonds is 3. The van der Waals surface area contributed by atoms with Crippen molar-refractivity contribution in [1.29, 1.82) is 0 Å². The zero-order chi connectivity index (χ0) is 15.6. The summed E-state index contributed by atoms with van der Waals surface area (Å²) in [5.41, 5.74) is 1.25. The number of amides is 2. The van der Waals surface area contributed by atoms with Gasteiger partial charge in [0.15, 0.2) is 0 Å². The van der Waals surface area contributed by atoms with Crippen molar-refractivity contribution in [3.63, 3.8) is 0 Å². The number of aryl methyl sites for hydroxylation is 2. The Bertz CT molecular complexity index is 707. The molecule has 21 heavy (non-hydrogen) atoms.